The lowest BCUT2D eigenvalue weighted by atomic mass is 10.1. The molecule has 28 heavy (non-hydrogen) atoms. The number of aryl methyl sites for hydroxylation is 1. The minimum atomic E-state index is -0.754. The maximum atomic E-state index is 12.5. The summed E-state index contributed by atoms with van der Waals surface area (Å²) >= 11 is 6.00. The molecule has 0 saturated heterocycles. The average molecular weight is 394 g/mol. The van der Waals surface area contributed by atoms with Crippen molar-refractivity contribution in [3.8, 4) is 11.3 Å². The van der Waals surface area contributed by atoms with Crippen molar-refractivity contribution in [2.45, 2.75) is 13.0 Å². The SMILES string of the molecule is Cc1ccc2[nH]c(-c3c(NC[C@H](O)c4cccc(Cl)c4)cc[nH]c3=O)cc2c1. The van der Waals surface area contributed by atoms with E-state index in [4.69, 9.17) is 11.6 Å². The monoisotopic (exact) mass is 393 g/mol. The van der Waals surface area contributed by atoms with Gasteiger partial charge in [0.1, 0.15) is 0 Å². The molecule has 6 heteroatoms. The Hall–Kier alpha value is -3.02. The van der Waals surface area contributed by atoms with Crippen LogP contribution in [0.25, 0.3) is 22.2 Å². The number of hydrogen-bond donors (Lipinski definition) is 4. The van der Waals surface area contributed by atoms with E-state index >= 15 is 0 Å². The third kappa shape index (κ3) is 3.67. The van der Waals surface area contributed by atoms with E-state index in [2.05, 4.69) is 21.4 Å². The number of aromatic amines is 2. The summed E-state index contributed by atoms with van der Waals surface area (Å²) in [5, 5.41) is 15.3. The summed E-state index contributed by atoms with van der Waals surface area (Å²) in [4.78, 5) is 18.6. The van der Waals surface area contributed by atoms with Crippen LogP contribution in [0, 0.1) is 6.92 Å². The lowest BCUT2D eigenvalue weighted by Gasteiger charge is -2.15. The molecule has 5 nitrogen and oxygen atoms in total. The number of anilines is 1. The first-order valence-corrected chi connectivity index (χ1v) is 9.38. The minimum Gasteiger partial charge on any atom is -0.387 e. The van der Waals surface area contributed by atoms with Crippen molar-refractivity contribution < 1.29 is 5.11 Å². The van der Waals surface area contributed by atoms with Gasteiger partial charge in [-0.3, -0.25) is 4.79 Å². The molecular weight excluding hydrogens is 374 g/mol. The van der Waals surface area contributed by atoms with Gasteiger partial charge in [0, 0.05) is 28.7 Å². The third-order valence-corrected chi connectivity index (χ3v) is 4.96. The van der Waals surface area contributed by atoms with Gasteiger partial charge in [-0.2, -0.15) is 0 Å². The maximum Gasteiger partial charge on any atom is 0.259 e. The first-order chi connectivity index (χ1) is 13.5. The molecule has 4 aromatic rings. The molecule has 2 heterocycles. The van der Waals surface area contributed by atoms with E-state index in [0.29, 0.717) is 21.8 Å². The Morgan fingerprint density at radius 3 is 2.82 bits per heavy atom. The highest BCUT2D eigenvalue weighted by molar-refractivity contribution is 6.30. The lowest BCUT2D eigenvalue weighted by Crippen LogP contribution is -2.16. The number of hydrogen-bond acceptors (Lipinski definition) is 3. The molecule has 2 aromatic carbocycles. The predicted octanol–water partition coefficient (Wildman–Crippen LogP) is 4.63. The molecule has 0 aliphatic rings. The van der Waals surface area contributed by atoms with Crippen molar-refractivity contribution in [2.24, 2.45) is 0 Å². The molecule has 2 aromatic heterocycles. The number of fused-ring (bicyclic) bond motifs is 1. The largest absolute Gasteiger partial charge is 0.387 e. The molecular formula is C22H20ClN3O2. The summed E-state index contributed by atoms with van der Waals surface area (Å²) in [5.41, 5.74) is 4.51. The highest BCUT2D eigenvalue weighted by Crippen LogP contribution is 2.28. The second-order valence-electron chi connectivity index (χ2n) is 6.82. The molecule has 0 unspecified atom stereocenters. The number of rotatable bonds is 5. The van der Waals surface area contributed by atoms with E-state index in [9.17, 15) is 9.90 Å². The Labute approximate surface area is 167 Å². The summed E-state index contributed by atoms with van der Waals surface area (Å²) < 4.78 is 0. The van der Waals surface area contributed by atoms with Gasteiger partial charge in [-0.15, -0.1) is 0 Å². The topological polar surface area (TPSA) is 80.9 Å². The van der Waals surface area contributed by atoms with Gasteiger partial charge in [0.25, 0.3) is 5.56 Å². The summed E-state index contributed by atoms with van der Waals surface area (Å²) in [5.74, 6) is 0. The number of pyridine rings is 1. The number of benzene rings is 2. The highest BCUT2D eigenvalue weighted by Gasteiger charge is 2.14. The van der Waals surface area contributed by atoms with Gasteiger partial charge in [-0.1, -0.05) is 35.4 Å². The Kier molecular flexibility index (Phi) is 4.94. The summed E-state index contributed by atoms with van der Waals surface area (Å²) in [6.07, 6.45) is 0.836. The Balaban J connectivity index is 1.65. The molecule has 0 aliphatic heterocycles. The number of nitrogens with one attached hydrogen (secondary N) is 3. The predicted molar refractivity (Wildman–Crippen MR) is 114 cm³/mol. The quantitative estimate of drug-likeness (QED) is 0.399. The zero-order valence-corrected chi connectivity index (χ0v) is 16.0. The van der Waals surface area contributed by atoms with Gasteiger partial charge in [-0.05, 0) is 48.9 Å². The van der Waals surface area contributed by atoms with Crippen LogP contribution in [0.2, 0.25) is 5.02 Å². The van der Waals surface area contributed by atoms with E-state index in [1.54, 1.807) is 30.5 Å². The Bertz CT molecular complexity index is 1200. The molecule has 0 bridgehead atoms. The normalized spacial score (nSPS) is 12.2. The van der Waals surface area contributed by atoms with Crippen LogP contribution >= 0.6 is 11.6 Å². The molecule has 4 rings (SSSR count). The van der Waals surface area contributed by atoms with E-state index in [-0.39, 0.29) is 12.1 Å². The van der Waals surface area contributed by atoms with Crippen LogP contribution in [0.1, 0.15) is 17.2 Å². The summed E-state index contributed by atoms with van der Waals surface area (Å²) in [7, 11) is 0. The Morgan fingerprint density at radius 1 is 1.14 bits per heavy atom. The average Bonchev–Trinajstić information content (AvgIpc) is 3.08. The molecule has 0 fully saturated rings. The smallest absolute Gasteiger partial charge is 0.259 e. The van der Waals surface area contributed by atoms with Crippen molar-refractivity contribution in [3.05, 3.63) is 87.3 Å². The Morgan fingerprint density at radius 2 is 2.00 bits per heavy atom. The highest BCUT2D eigenvalue weighted by atomic mass is 35.5. The standard InChI is InChI=1S/C22H20ClN3O2/c1-13-5-6-17-15(9-13)11-19(26-17)21-18(7-8-24-22(21)28)25-12-20(27)14-3-2-4-16(23)10-14/h2-11,20,26-27H,12H2,1H3,(H2,24,25,28)/t20-/m0/s1. The van der Waals surface area contributed by atoms with Gasteiger partial charge >= 0.3 is 0 Å². The van der Waals surface area contributed by atoms with Gasteiger partial charge in [-0.25, -0.2) is 0 Å². The number of halogens is 1. The fraction of sp³-hybridized carbons (Fsp3) is 0.136. The first-order valence-electron chi connectivity index (χ1n) is 9.00. The fourth-order valence-electron chi connectivity index (χ4n) is 3.32. The van der Waals surface area contributed by atoms with Crippen molar-refractivity contribution in [2.75, 3.05) is 11.9 Å². The summed E-state index contributed by atoms with van der Waals surface area (Å²) in [6, 6.07) is 17.0. The molecule has 0 aliphatic carbocycles. The zero-order chi connectivity index (χ0) is 19.7. The van der Waals surface area contributed by atoms with Crippen LogP contribution in [0.4, 0.5) is 5.69 Å². The second-order valence-corrected chi connectivity index (χ2v) is 7.26. The van der Waals surface area contributed by atoms with E-state index in [0.717, 1.165) is 22.2 Å². The molecule has 0 amide bonds. The zero-order valence-electron chi connectivity index (χ0n) is 15.3. The fourth-order valence-corrected chi connectivity index (χ4v) is 3.52. The van der Waals surface area contributed by atoms with Crippen LogP contribution in [-0.2, 0) is 0 Å². The molecule has 0 radical (unpaired) electrons. The van der Waals surface area contributed by atoms with E-state index in [1.165, 1.54) is 0 Å². The molecule has 1 atom stereocenters. The van der Waals surface area contributed by atoms with Gasteiger partial charge in [0.15, 0.2) is 0 Å². The van der Waals surface area contributed by atoms with Crippen LogP contribution in [-0.4, -0.2) is 21.6 Å². The van der Waals surface area contributed by atoms with Gasteiger partial charge < -0.3 is 20.4 Å². The van der Waals surface area contributed by atoms with Crippen LogP contribution < -0.4 is 10.9 Å². The number of H-pyrrole nitrogens is 2. The molecule has 0 saturated carbocycles. The van der Waals surface area contributed by atoms with Crippen molar-refractivity contribution >= 4 is 28.2 Å². The number of aliphatic hydroxyl groups is 1. The van der Waals surface area contributed by atoms with E-state index in [1.807, 2.05) is 31.2 Å². The van der Waals surface area contributed by atoms with Crippen molar-refractivity contribution in [3.63, 3.8) is 0 Å². The van der Waals surface area contributed by atoms with E-state index < -0.39 is 6.10 Å². The first kappa shape index (κ1) is 18.3. The number of aromatic nitrogens is 2. The number of aliphatic hydroxyl groups excluding tert-OH is 1. The molecule has 142 valence electrons. The molecule has 0 spiro atoms. The van der Waals surface area contributed by atoms with Crippen LogP contribution in [0.15, 0.2) is 65.6 Å². The van der Waals surface area contributed by atoms with Crippen LogP contribution in [0.5, 0.6) is 0 Å². The maximum absolute atomic E-state index is 12.5. The van der Waals surface area contributed by atoms with Crippen molar-refractivity contribution in [1.82, 2.24) is 9.97 Å². The molecule has 4 N–H and O–H groups in total. The van der Waals surface area contributed by atoms with Gasteiger partial charge in [0.05, 0.1) is 23.0 Å². The minimum absolute atomic E-state index is 0.203. The van der Waals surface area contributed by atoms with Crippen LogP contribution in [0.3, 0.4) is 0 Å². The van der Waals surface area contributed by atoms with Gasteiger partial charge in [0.2, 0.25) is 0 Å². The lowest BCUT2D eigenvalue weighted by molar-refractivity contribution is 0.191. The second kappa shape index (κ2) is 7.54. The third-order valence-electron chi connectivity index (χ3n) is 4.73. The summed E-state index contributed by atoms with van der Waals surface area (Å²) in [6.45, 7) is 2.28. The van der Waals surface area contributed by atoms with Crippen molar-refractivity contribution in [1.29, 1.82) is 0 Å².